The average Bonchev–Trinajstić information content (AvgIpc) is 3.39. The van der Waals surface area contributed by atoms with Gasteiger partial charge in [0, 0.05) is 25.7 Å². The smallest absolute Gasteiger partial charge is 0.274 e. The standard InChI is InChI=1S/C18H14ClFN6OS/c1-25-15(9(19)7-23-25)18(27)26-6-5-11-14(22-8-21-11)16(26)17-24-13-10(20)3-2-4-12(13)28-17/h2-4,7-8,16H,5-6H2,1H3,(H,21,22)/t16-/m0/s1. The summed E-state index contributed by atoms with van der Waals surface area (Å²) >= 11 is 7.56. The lowest BCUT2D eigenvalue weighted by Gasteiger charge is -2.33. The molecule has 5 rings (SSSR count). The molecule has 0 saturated carbocycles. The number of carbonyl (C=O) groups excluding carboxylic acids is 1. The fourth-order valence-corrected chi connectivity index (χ4v) is 4.93. The van der Waals surface area contributed by atoms with E-state index in [4.69, 9.17) is 11.6 Å². The van der Waals surface area contributed by atoms with Crippen LogP contribution >= 0.6 is 22.9 Å². The van der Waals surface area contributed by atoms with Gasteiger partial charge in [0.1, 0.15) is 28.1 Å². The highest BCUT2D eigenvalue weighted by Gasteiger charge is 2.38. The van der Waals surface area contributed by atoms with E-state index in [0.717, 1.165) is 16.1 Å². The van der Waals surface area contributed by atoms with Gasteiger partial charge in [0.2, 0.25) is 0 Å². The van der Waals surface area contributed by atoms with Gasteiger partial charge in [-0.3, -0.25) is 9.48 Å². The van der Waals surface area contributed by atoms with E-state index in [1.54, 1.807) is 24.3 Å². The molecule has 0 aliphatic carbocycles. The molecular formula is C18H14ClFN6OS. The normalized spacial score (nSPS) is 16.5. The Morgan fingerprint density at radius 3 is 3.04 bits per heavy atom. The van der Waals surface area contributed by atoms with Crippen molar-refractivity contribution in [3.05, 3.63) is 63.7 Å². The van der Waals surface area contributed by atoms with Crippen LogP contribution in [0.15, 0.2) is 30.7 Å². The zero-order valence-electron chi connectivity index (χ0n) is 14.7. The van der Waals surface area contributed by atoms with Crippen molar-refractivity contribution in [2.24, 2.45) is 7.05 Å². The lowest BCUT2D eigenvalue weighted by molar-refractivity contribution is 0.0679. The van der Waals surface area contributed by atoms with Crippen LogP contribution in [0.1, 0.15) is 32.9 Å². The number of amides is 1. The lowest BCUT2D eigenvalue weighted by Crippen LogP contribution is -2.41. The highest BCUT2D eigenvalue weighted by atomic mass is 35.5. The van der Waals surface area contributed by atoms with Crippen molar-refractivity contribution in [3.63, 3.8) is 0 Å². The number of nitrogens with one attached hydrogen (secondary N) is 1. The largest absolute Gasteiger partial charge is 0.348 e. The number of para-hydroxylation sites is 1. The topological polar surface area (TPSA) is 79.7 Å². The van der Waals surface area contributed by atoms with Gasteiger partial charge in [0.25, 0.3) is 5.91 Å². The highest BCUT2D eigenvalue weighted by molar-refractivity contribution is 7.18. The Bertz CT molecular complexity index is 1190. The second-order valence-electron chi connectivity index (χ2n) is 6.52. The van der Waals surface area contributed by atoms with Gasteiger partial charge in [0.05, 0.1) is 27.9 Å². The summed E-state index contributed by atoms with van der Waals surface area (Å²) in [6, 6.07) is 4.33. The molecule has 142 valence electrons. The molecular weight excluding hydrogens is 403 g/mol. The van der Waals surface area contributed by atoms with Crippen molar-refractivity contribution in [1.29, 1.82) is 0 Å². The van der Waals surface area contributed by atoms with Crippen LogP contribution in [0.5, 0.6) is 0 Å². The van der Waals surface area contributed by atoms with Crippen LogP contribution in [0.4, 0.5) is 4.39 Å². The summed E-state index contributed by atoms with van der Waals surface area (Å²) in [6.07, 6.45) is 3.68. The number of imidazole rings is 1. The first-order valence-corrected chi connectivity index (χ1v) is 9.79. The van der Waals surface area contributed by atoms with Gasteiger partial charge in [-0.25, -0.2) is 14.4 Å². The molecule has 0 fully saturated rings. The number of halogens is 2. The third kappa shape index (κ3) is 2.54. The number of aromatic nitrogens is 5. The summed E-state index contributed by atoms with van der Waals surface area (Å²) in [6.45, 7) is 0.457. The van der Waals surface area contributed by atoms with E-state index in [-0.39, 0.29) is 16.7 Å². The van der Waals surface area contributed by atoms with Crippen molar-refractivity contribution in [3.8, 4) is 0 Å². The number of thiazole rings is 1. The molecule has 1 N–H and O–H groups in total. The summed E-state index contributed by atoms with van der Waals surface area (Å²) in [7, 11) is 1.67. The molecule has 0 bridgehead atoms. The highest BCUT2D eigenvalue weighted by Crippen LogP contribution is 2.38. The predicted octanol–water partition coefficient (Wildman–Crippen LogP) is 3.33. The number of hydrogen-bond acceptors (Lipinski definition) is 5. The maximum Gasteiger partial charge on any atom is 0.274 e. The molecule has 1 aliphatic heterocycles. The number of rotatable bonds is 2. The molecule has 0 unspecified atom stereocenters. The van der Waals surface area contributed by atoms with E-state index >= 15 is 0 Å². The number of aromatic amines is 1. The molecule has 7 nitrogen and oxygen atoms in total. The van der Waals surface area contributed by atoms with E-state index < -0.39 is 6.04 Å². The molecule has 1 amide bonds. The Labute approximate surface area is 167 Å². The average molecular weight is 417 g/mol. The monoisotopic (exact) mass is 416 g/mol. The van der Waals surface area contributed by atoms with E-state index in [2.05, 4.69) is 20.1 Å². The van der Waals surface area contributed by atoms with Crippen LogP contribution < -0.4 is 0 Å². The number of aryl methyl sites for hydroxylation is 1. The fraction of sp³-hybridized carbons (Fsp3) is 0.222. The number of hydrogen-bond donors (Lipinski definition) is 1. The Morgan fingerprint density at radius 1 is 1.43 bits per heavy atom. The van der Waals surface area contributed by atoms with E-state index in [9.17, 15) is 9.18 Å². The molecule has 4 heterocycles. The lowest BCUT2D eigenvalue weighted by atomic mass is 10.0. The second kappa shape index (κ2) is 6.39. The number of benzene rings is 1. The van der Waals surface area contributed by atoms with Crippen LogP contribution in [-0.2, 0) is 13.5 Å². The molecule has 0 saturated heterocycles. The zero-order chi connectivity index (χ0) is 19.4. The van der Waals surface area contributed by atoms with E-state index in [1.165, 1.54) is 28.3 Å². The third-order valence-corrected chi connectivity index (χ3v) is 6.25. The van der Waals surface area contributed by atoms with Crippen LogP contribution in [0.25, 0.3) is 10.2 Å². The van der Waals surface area contributed by atoms with Crippen LogP contribution in [0, 0.1) is 5.82 Å². The molecule has 4 aromatic rings. The Kier molecular flexibility index (Phi) is 3.95. The minimum Gasteiger partial charge on any atom is -0.348 e. The first-order valence-electron chi connectivity index (χ1n) is 8.60. The zero-order valence-corrected chi connectivity index (χ0v) is 16.3. The first kappa shape index (κ1) is 17.3. The van der Waals surface area contributed by atoms with Gasteiger partial charge in [-0.1, -0.05) is 17.7 Å². The third-order valence-electron chi connectivity index (χ3n) is 4.90. The molecule has 3 aromatic heterocycles. The molecule has 1 atom stereocenters. The minimum absolute atomic E-state index is 0.261. The number of fused-ring (bicyclic) bond motifs is 2. The number of H-pyrrole nitrogens is 1. The van der Waals surface area contributed by atoms with Crippen molar-refractivity contribution in [2.45, 2.75) is 12.5 Å². The Balaban J connectivity index is 1.66. The summed E-state index contributed by atoms with van der Waals surface area (Å²) in [5.41, 5.74) is 2.27. The van der Waals surface area contributed by atoms with Crippen LogP contribution in [-0.4, -0.2) is 42.1 Å². The number of carbonyl (C=O) groups is 1. The summed E-state index contributed by atoms with van der Waals surface area (Å²) in [4.78, 5) is 27.1. The Morgan fingerprint density at radius 2 is 2.29 bits per heavy atom. The minimum atomic E-state index is -0.523. The molecule has 1 aliphatic rings. The molecule has 0 radical (unpaired) electrons. The molecule has 28 heavy (non-hydrogen) atoms. The van der Waals surface area contributed by atoms with Crippen LogP contribution in [0.2, 0.25) is 5.02 Å². The molecule has 0 spiro atoms. The van der Waals surface area contributed by atoms with Crippen molar-refractivity contribution in [1.82, 2.24) is 29.6 Å². The predicted molar refractivity (Wildman–Crippen MR) is 103 cm³/mol. The molecule has 1 aromatic carbocycles. The quantitative estimate of drug-likeness (QED) is 0.543. The van der Waals surface area contributed by atoms with Crippen molar-refractivity contribution < 1.29 is 9.18 Å². The van der Waals surface area contributed by atoms with Gasteiger partial charge in [-0.15, -0.1) is 11.3 Å². The Hall–Kier alpha value is -2.78. The van der Waals surface area contributed by atoms with E-state index in [0.29, 0.717) is 29.2 Å². The van der Waals surface area contributed by atoms with Gasteiger partial charge < -0.3 is 9.88 Å². The molecule has 10 heteroatoms. The summed E-state index contributed by atoms with van der Waals surface area (Å²) < 4.78 is 16.4. The summed E-state index contributed by atoms with van der Waals surface area (Å²) in [5, 5.41) is 4.96. The number of nitrogens with zero attached hydrogens (tertiary/aromatic N) is 5. The maximum atomic E-state index is 14.2. The van der Waals surface area contributed by atoms with Crippen molar-refractivity contribution in [2.75, 3.05) is 6.54 Å². The first-order chi connectivity index (χ1) is 13.5. The van der Waals surface area contributed by atoms with Gasteiger partial charge in [0.15, 0.2) is 0 Å². The maximum absolute atomic E-state index is 14.2. The van der Waals surface area contributed by atoms with Gasteiger partial charge in [-0.05, 0) is 12.1 Å². The van der Waals surface area contributed by atoms with Gasteiger partial charge in [-0.2, -0.15) is 5.10 Å². The summed E-state index contributed by atoms with van der Waals surface area (Å²) in [5.74, 6) is -0.644. The second-order valence-corrected chi connectivity index (χ2v) is 7.99. The van der Waals surface area contributed by atoms with Crippen molar-refractivity contribution >= 4 is 39.1 Å². The van der Waals surface area contributed by atoms with Crippen LogP contribution in [0.3, 0.4) is 0 Å². The van der Waals surface area contributed by atoms with Gasteiger partial charge >= 0.3 is 0 Å². The SMILES string of the molecule is Cn1ncc(Cl)c1C(=O)N1CCc2[nH]cnc2[C@H]1c1nc2c(F)cccc2s1. The fourth-order valence-electron chi connectivity index (χ4n) is 3.58. The van der Waals surface area contributed by atoms with E-state index in [1.807, 2.05) is 6.07 Å².